The predicted molar refractivity (Wildman–Crippen MR) is 118 cm³/mol. The number of pyridine rings is 1. The fourth-order valence-corrected chi connectivity index (χ4v) is 3.02. The number of aromatic nitrogens is 1. The predicted octanol–water partition coefficient (Wildman–Crippen LogP) is 2.78. The lowest BCUT2D eigenvalue weighted by atomic mass is 10.3. The molecule has 3 rings (SSSR count). The number of aliphatic imine (C=N–C) groups is 1. The van der Waals surface area contributed by atoms with Crippen LogP contribution < -0.4 is 15.5 Å². The number of rotatable bonds is 8. The molecular weight excluding hydrogens is 476 g/mol. The summed E-state index contributed by atoms with van der Waals surface area (Å²) in [6.07, 6.45) is 5.02. The maximum absolute atomic E-state index is 13.9. The van der Waals surface area contributed by atoms with Crippen LogP contribution in [0.1, 0.15) is 18.6 Å². The van der Waals surface area contributed by atoms with Crippen LogP contribution in [0.2, 0.25) is 0 Å². The lowest BCUT2D eigenvalue weighted by Crippen LogP contribution is -2.45. The Morgan fingerprint density at radius 2 is 2.32 bits per heavy atom. The van der Waals surface area contributed by atoms with E-state index in [1.807, 2.05) is 17.0 Å². The zero-order valence-corrected chi connectivity index (χ0v) is 18.3. The fourth-order valence-electron chi connectivity index (χ4n) is 3.02. The highest BCUT2D eigenvalue weighted by molar-refractivity contribution is 14.0. The van der Waals surface area contributed by atoms with Crippen molar-refractivity contribution in [1.29, 1.82) is 0 Å². The van der Waals surface area contributed by atoms with E-state index in [1.165, 1.54) is 6.07 Å². The van der Waals surface area contributed by atoms with Crippen molar-refractivity contribution in [3.63, 3.8) is 0 Å². The van der Waals surface area contributed by atoms with Crippen LogP contribution in [0.5, 0.6) is 0 Å². The van der Waals surface area contributed by atoms with Crippen LogP contribution in [0.25, 0.3) is 0 Å². The number of nitrogens with one attached hydrogen (secondary N) is 2. The lowest BCUT2D eigenvalue weighted by Gasteiger charge is -2.20. The summed E-state index contributed by atoms with van der Waals surface area (Å²) in [5.41, 5.74) is 0. The highest BCUT2D eigenvalue weighted by Gasteiger charge is 2.25. The minimum atomic E-state index is -0.282. The van der Waals surface area contributed by atoms with E-state index in [-0.39, 0.29) is 35.8 Å². The number of guanidine groups is 1. The molecule has 3 heterocycles. The number of hydrogen-bond donors (Lipinski definition) is 2. The largest absolute Gasteiger partial charge is 0.467 e. The Bertz CT molecular complexity index is 729. The molecule has 0 radical (unpaired) electrons. The van der Waals surface area contributed by atoms with Gasteiger partial charge in [0.15, 0.2) is 17.6 Å². The van der Waals surface area contributed by atoms with E-state index in [0.717, 1.165) is 37.7 Å². The van der Waals surface area contributed by atoms with Crippen LogP contribution in [0.3, 0.4) is 0 Å². The topological polar surface area (TPSA) is 74.9 Å². The van der Waals surface area contributed by atoms with Gasteiger partial charge in [0.1, 0.15) is 12.4 Å². The molecule has 1 unspecified atom stereocenters. The third-order valence-corrected chi connectivity index (χ3v) is 4.37. The van der Waals surface area contributed by atoms with E-state index in [1.54, 1.807) is 25.6 Å². The first-order valence-corrected chi connectivity index (χ1v) is 9.19. The minimum absolute atomic E-state index is 0. The van der Waals surface area contributed by atoms with Crippen molar-refractivity contribution >= 4 is 35.8 Å². The number of anilines is 1. The van der Waals surface area contributed by atoms with Crippen LogP contribution in [-0.2, 0) is 11.3 Å². The van der Waals surface area contributed by atoms with Gasteiger partial charge in [0.05, 0.1) is 6.26 Å². The zero-order chi connectivity index (χ0) is 18.9. The molecule has 0 saturated carbocycles. The van der Waals surface area contributed by atoms with Crippen molar-refractivity contribution in [2.45, 2.75) is 25.5 Å². The van der Waals surface area contributed by atoms with Crippen molar-refractivity contribution in [3.8, 4) is 0 Å². The Hall–Kier alpha value is -1.88. The van der Waals surface area contributed by atoms with Gasteiger partial charge in [0.25, 0.3) is 0 Å². The molecule has 1 saturated heterocycles. The molecule has 2 aromatic rings. The van der Waals surface area contributed by atoms with Gasteiger partial charge in [0.2, 0.25) is 0 Å². The molecule has 1 aliphatic heterocycles. The van der Waals surface area contributed by atoms with Crippen LogP contribution in [0, 0.1) is 5.82 Å². The van der Waals surface area contributed by atoms with Crippen LogP contribution >= 0.6 is 24.0 Å². The number of hydrogen-bond acceptors (Lipinski definition) is 5. The average molecular weight is 503 g/mol. The maximum Gasteiger partial charge on any atom is 0.191 e. The normalized spacial score (nSPS) is 16.7. The summed E-state index contributed by atoms with van der Waals surface area (Å²) in [7, 11) is 1.74. The molecule has 0 amide bonds. The smallest absolute Gasteiger partial charge is 0.191 e. The molecule has 1 aliphatic rings. The first kappa shape index (κ1) is 22.4. The maximum atomic E-state index is 13.9. The third-order valence-electron chi connectivity index (χ3n) is 4.37. The van der Waals surface area contributed by atoms with Crippen molar-refractivity contribution in [1.82, 2.24) is 15.6 Å². The van der Waals surface area contributed by atoms with E-state index < -0.39 is 0 Å². The Labute approximate surface area is 181 Å². The number of halogens is 2. The van der Waals surface area contributed by atoms with Crippen molar-refractivity contribution in [2.75, 3.05) is 38.2 Å². The Kier molecular flexibility index (Phi) is 9.48. The molecule has 9 heteroatoms. The standard InChI is InChI=1S/C19H26FN5O2.HI/c1-21-19(23-9-4-11-26-14-16-5-3-12-27-16)24-15-7-10-25(13-15)18-17(20)6-2-8-22-18;/h2-3,5-6,8,12,15H,4,7,9-11,13-14H2,1H3,(H2,21,23,24);1H. The lowest BCUT2D eigenvalue weighted by molar-refractivity contribution is 0.105. The van der Waals surface area contributed by atoms with Gasteiger partial charge in [-0.1, -0.05) is 0 Å². The van der Waals surface area contributed by atoms with Gasteiger partial charge in [-0.15, -0.1) is 24.0 Å². The molecular formula is C19H27FIN5O2. The monoisotopic (exact) mass is 503 g/mol. The van der Waals surface area contributed by atoms with Crippen molar-refractivity contribution in [3.05, 3.63) is 48.3 Å². The van der Waals surface area contributed by atoms with Crippen LogP contribution in [0.4, 0.5) is 10.2 Å². The second-order valence-electron chi connectivity index (χ2n) is 6.37. The molecule has 2 aromatic heterocycles. The Morgan fingerprint density at radius 1 is 1.43 bits per heavy atom. The van der Waals surface area contributed by atoms with Gasteiger partial charge in [-0.2, -0.15) is 0 Å². The SMILES string of the molecule is CN=C(NCCCOCc1ccco1)NC1CCN(c2ncccc2F)C1.I. The van der Waals surface area contributed by atoms with Crippen molar-refractivity contribution in [2.24, 2.45) is 4.99 Å². The van der Waals surface area contributed by atoms with Gasteiger partial charge in [0, 0.05) is 45.5 Å². The van der Waals surface area contributed by atoms with Gasteiger partial charge < -0.3 is 24.7 Å². The second kappa shape index (κ2) is 11.8. The fraction of sp³-hybridized carbons (Fsp3) is 0.474. The molecule has 7 nitrogen and oxygen atoms in total. The highest BCUT2D eigenvalue weighted by Crippen LogP contribution is 2.20. The molecule has 1 atom stereocenters. The van der Waals surface area contributed by atoms with Crippen LogP contribution in [0.15, 0.2) is 46.1 Å². The van der Waals surface area contributed by atoms with Crippen molar-refractivity contribution < 1.29 is 13.5 Å². The number of nitrogens with zero attached hydrogens (tertiary/aromatic N) is 3. The highest BCUT2D eigenvalue weighted by atomic mass is 127. The van der Waals surface area contributed by atoms with Gasteiger partial charge in [-0.05, 0) is 37.1 Å². The summed E-state index contributed by atoms with van der Waals surface area (Å²) in [4.78, 5) is 10.4. The van der Waals surface area contributed by atoms with E-state index in [4.69, 9.17) is 9.15 Å². The molecule has 2 N–H and O–H groups in total. The molecule has 0 bridgehead atoms. The van der Waals surface area contributed by atoms with E-state index in [2.05, 4.69) is 20.6 Å². The van der Waals surface area contributed by atoms with Gasteiger partial charge in [-0.3, -0.25) is 4.99 Å². The molecule has 0 aliphatic carbocycles. The second-order valence-corrected chi connectivity index (χ2v) is 6.37. The number of furan rings is 1. The van der Waals surface area contributed by atoms with Crippen LogP contribution in [-0.4, -0.2) is 50.3 Å². The molecule has 0 spiro atoms. The third kappa shape index (κ3) is 6.62. The zero-order valence-electron chi connectivity index (χ0n) is 15.9. The summed E-state index contributed by atoms with van der Waals surface area (Å²) in [6.45, 7) is 3.34. The summed E-state index contributed by atoms with van der Waals surface area (Å²) >= 11 is 0. The Morgan fingerprint density at radius 3 is 3.07 bits per heavy atom. The minimum Gasteiger partial charge on any atom is -0.467 e. The first-order chi connectivity index (χ1) is 13.3. The summed E-state index contributed by atoms with van der Waals surface area (Å²) in [6, 6.07) is 6.99. The summed E-state index contributed by atoms with van der Waals surface area (Å²) < 4.78 is 24.7. The van der Waals surface area contributed by atoms with E-state index in [0.29, 0.717) is 25.6 Å². The van der Waals surface area contributed by atoms with E-state index in [9.17, 15) is 4.39 Å². The summed E-state index contributed by atoms with van der Waals surface area (Å²) in [5, 5.41) is 6.67. The first-order valence-electron chi connectivity index (χ1n) is 9.19. The van der Waals surface area contributed by atoms with Gasteiger partial charge in [-0.25, -0.2) is 9.37 Å². The molecule has 28 heavy (non-hydrogen) atoms. The Balaban J connectivity index is 0.00000280. The molecule has 1 fully saturated rings. The molecule has 154 valence electrons. The average Bonchev–Trinajstić information content (AvgIpc) is 3.36. The van der Waals surface area contributed by atoms with Gasteiger partial charge >= 0.3 is 0 Å². The van der Waals surface area contributed by atoms with E-state index >= 15 is 0 Å². The molecule has 0 aromatic carbocycles. The number of ether oxygens (including phenoxy) is 1. The summed E-state index contributed by atoms with van der Waals surface area (Å²) in [5.74, 6) is 1.71. The quantitative estimate of drug-likeness (QED) is 0.250.